The first-order valence-corrected chi connectivity index (χ1v) is 9.46. The Hall–Kier alpha value is -1.15. The molecular formula is C16H26ClN3O3S. The van der Waals surface area contributed by atoms with E-state index in [0.29, 0.717) is 19.0 Å². The van der Waals surface area contributed by atoms with Crippen molar-refractivity contribution in [1.29, 1.82) is 0 Å². The minimum Gasteiger partial charge on any atom is -0.338 e. The van der Waals surface area contributed by atoms with Gasteiger partial charge in [0.25, 0.3) is 0 Å². The molecule has 136 valence electrons. The van der Waals surface area contributed by atoms with Crippen LogP contribution >= 0.6 is 12.4 Å². The van der Waals surface area contributed by atoms with Crippen molar-refractivity contribution in [2.24, 2.45) is 11.7 Å². The van der Waals surface area contributed by atoms with Gasteiger partial charge >= 0.3 is 0 Å². The van der Waals surface area contributed by atoms with E-state index < -0.39 is 10.0 Å². The molecule has 1 aromatic carbocycles. The van der Waals surface area contributed by atoms with Gasteiger partial charge in [0.2, 0.25) is 15.9 Å². The number of hydrogen-bond donors (Lipinski definition) is 2. The maximum Gasteiger partial charge on any atom is 0.240 e. The lowest BCUT2D eigenvalue weighted by Gasteiger charge is -2.38. The molecule has 1 amide bonds. The molecule has 0 spiro atoms. The Bertz CT molecular complexity index is 625. The standard InChI is InChI=1S/C16H25N3O3S.ClH/c1-13-8-10-19(14(11-13)12-17)16(20)7-9-18-23(21,22)15-5-3-2-4-6-15;/h2-6,13-14,18H,7-12,17H2,1H3;1H. The van der Waals surface area contributed by atoms with E-state index >= 15 is 0 Å². The van der Waals surface area contributed by atoms with Gasteiger partial charge in [0, 0.05) is 32.1 Å². The van der Waals surface area contributed by atoms with Gasteiger partial charge in [-0.05, 0) is 30.9 Å². The highest BCUT2D eigenvalue weighted by atomic mass is 35.5. The lowest BCUT2D eigenvalue weighted by Crippen LogP contribution is -2.49. The highest BCUT2D eigenvalue weighted by Gasteiger charge is 2.28. The van der Waals surface area contributed by atoms with Crippen LogP contribution in [0.2, 0.25) is 0 Å². The first kappa shape index (κ1) is 20.9. The van der Waals surface area contributed by atoms with Crippen LogP contribution in [0.1, 0.15) is 26.2 Å². The summed E-state index contributed by atoms with van der Waals surface area (Å²) in [4.78, 5) is 14.3. The minimum absolute atomic E-state index is 0. The molecule has 24 heavy (non-hydrogen) atoms. The van der Waals surface area contributed by atoms with E-state index in [-0.39, 0.29) is 42.2 Å². The molecule has 1 aromatic rings. The van der Waals surface area contributed by atoms with Gasteiger partial charge in [0.05, 0.1) is 4.90 Å². The van der Waals surface area contributed by atoms with Gasteiger partial charge in [-0.15, -0.1) is 12.4 Å². The predicted octanol–water partition coefficient (Wildman–Crippen LogP) is 1.36. The number of benzene rings is 1. The van der Waals surface area contributed by atoms with Crippen molar-refractivity contribution < 1.29 is 13.2 Å². The van der Waals surface area contributed by atoms with Gasteiger partial charge in [-0.3, -0.25) is 4.79 Å². The molecular weight excluding hydrogens is 350 g/mol. The SMILES string of the molecule is CC1CCN(C(=O)CCNS(=O)(=O)c2ccccc2)C(CN)C1.Cl. The number of carbonyl (C=O) groups excluding carboxylic acids is 1. The predicted molar refractivity (Wildman–Crippen MR) is 96.4 cm³/mol. The van der Waals surface area contributed by atoms with E-state index in [2.05, 4.69) is 11.6 Å². The fourth-order valence-electron chi connectivity index (χ4n) is 2.92. The average Bonchev–Trinajstić information content (AvgIpc) is 2.55. The molecule has 1 aliphatic heterocycles. The molecule has 3 N–H and O–H groups in total. The number of piperidine rings is 1. The lowest BCUT2D eigenvalue weighted by atomic mass is 9.92. The number of rotatable bonds is 6. The quantitative estimate of drug-likeness (QED) is 0.785. The second-order valence-corrected chi connectivity index (χ2v) is 7.83. The molecule has 0 radical (unpaired) electrons. The zero-order valence-electron chi connectivity index (χ0n) is 13.8. The number of amides is 1. The highest BCUT2D eigenvalue weighted by Crippen LogP contribution is 2.22. The van der Waals surface area contributed by atoms with Crippen molar-refractivity contribution in [2.75, 3.05) is 19.6 Å². The Morgan fingerprint density at radius 1 is 1.33 bits per heavy atom. The second-order valence-electron chi connectivity index (χ2n) is 6.07. The number of hydrogen-bond acceptors (Lipinski definition) is 4. The summed E-state index contributed by atoms with van der Waals surface area (Å²) in [5, 5.41) is 0. The van der Waals surface area contributed by atoms with Crippen LogP contribution in [-0.2, 0) is 14.8 Å². The van der Waals surface area contributed by atoms with Gasteiger partial charge in [0.1, 0.15) is 0 Å². The third-order valence-electron chi connectivity index (χ3n) is 4.25. The van der Waals surface area contributed by atoms with E-state index in [1.54, 1.807) is 23.1 Å². The highest BCUT2D eigenvalue weighted by molar-refractivity contribution is 7.89. The van der Waals surface area contributed by atoms with Crippen LogP contribution in [0.15, 0.2) is 35.2 Å². The Morgan fingerprint density at radius 2 is 2.00 bits per heavy atom. The Labute approximate surface area is 150 Å². The summed E-state index contributed by atoms with van der Waals surface area (Å²) in [5.74, 6) is 0.535. The van der Waals surface area contributed by atoms with Gasteiger partial charge in [-0.25, -0.2) is 13.1 Å². The number of nitrogens with one attached hydrogen (secondary N) is 1. The molecule has 0 bridgehead atoms. The largest absolute Gasteiger partial charge is 0.338 e. The fraction of sp³-hybridized carbons (Fsp3) is 0.562. The van der Waals surface area contributed by atoms with Crippen LogP contribution in [0, 0.1) is 5.92 Å². The van der Waals surface area contributed by atoms with E-state index in [4.69, 9.17) is 5.73 Å². The first-order chi connectivity index (χ1) is 10.9. The number of halogens is 1. The van der Waals surface area contributed by atoms with Gasteiger partial charge in [-0.1, -0.05) is 25.1 Å². The van der Waals surface area contributed by atoms with Crippen LogP contribution in [0.4, 0.5) is 0 Å². The minimum atomic E-state index is -3.56. The Balaban J connectivity index is 0.00000288. The number of nitrogens with two attached hydrogens (primary N) is 1. The number of sulfonamides is 1. The van der Waals surface area contributed by atoms with Crippen LogP contribution in [0.25, 0.3) is 0 Å². The molecule has 0 aliphatic carbocycles. The lowest BCUT2D eigenvalue weighted by molar-refractivity contribution is -0.135. The van der Waals surface area contributed by atoms with Crippen LogP contribution < -0.4 is 10.5 Å². The van der Waals surface area contributed by atoms with E-state index in [0.717, 1.165) is 12.8 Å². The van der Waals surface area contributed by atoms with E-state index in [9.17, 15) is 13.2 Å². The molecule has 0 saturated carbocycles. The monoisotopic (exact) mass is 375 g/mol. The average molecular weight is 376 g/mol. The Morgan fingerprint density at radius 3 is 2.62 bits per heavy atom. The number of nitrogens with zero attached hydrogens (tertiary/aromatic N) is 1. The summed E-state index contributed by atoms with van der Waals surface area (Å²) in [6.45, 7) is 3.41. The molecule has 2 unspecified atom stereocenters. The molecule has 1 aliphatic rings. The summed E-state index contributed by atoms with van der Waals surface area (Å²) in [5.41, 5.74) is 5.76. The number of carbonyl (C=O) groups is 1. The first-order valence-electron chi connectivity index (χ1n) is 7.98. The number of likely N-dealkylation sites (tertiary alicyclic amines) is 1. The third kappa shape index (κ3) is 5.44. The summed E-state index contributed by atoms with van der Waals surface area (Å²) in [6, 6.07) is 8.21. The van der Waals surface area contributed by atoms with E-state index in [1.807, 2.05) is 0 Å². The zero-order valence-corrected chi connectivity index (χ0v) is 15.5. The summed E-state index contributed by atoms with van der Waals surface area (Å²) in [7, 11) is -3.56. The van der Waals surface area contributed by atoms with Crippen molar-refractivity contribution in [2.45, 2.75) is 37.1 Å². The second kappa shape index (κ2) is 9.36. The van der Waals surface area contributed by atoms with Crippen molar-refractivity contribution in [1.82, 2.24) is 9.62 Å². The van der Waals surface area contributed by atoms with Crippen molar-refractivity contribution >= 4 is 28.3 Å². The van der Waals surface area contributed by atoms with Crippen molar-refractivity contribution in [3.05, 3.63) is 30.3 Å². The third-order valence-corrected chi connectivity index (χ3v) is 5.73. The molecule has 2 atom stereocenters. The van der Waals surface area contributed by atoms with Gasteiger partial charge in [0.15, 0.2) is 0 Å². The summed E-state index contributed by atoms with van der Waals surface area (Å²) >= 11 is 0. The molecule has 0 aromatic heterocycles. The maximum absolute atomic E-state index is 12.3. The van der Waals surface area contributed by atoms with Gasteiger partial charge < -0.3 is 10.6 Å². The molecule has 8 heteroatoms. The van der Waals surface area contributed by atoms with Crippen LogP contribution in [0.5, 0.6) is 0 Å². The molecule has 1 fully saturated rings. The summed E-state index contributed by atoms with van der Waals surface area (Å²) < 4.78 is 26.7. The fourth-order valence-corrected chi connectivity index (χ4v) is 3.98. The van der Waals surface area contributed by atoms with E-state index in [1.165, 1.54) is 12.1 Å². The topological polar surface area (TPSA) is 92.5 Å². The zero-order chi connectivity index (χ0) is 16.9. The van der Waals surface area contributed by atoms with Gasteiger partial charge in [-0.2, -0.15) is 0 Å². The molecule has 6 nitrogen and oxygen atoms in total. The molecule has 1 saturated heterocycles. The van der Waals surface area contributed by atoms with Crippen molar-refractivity contribution in [3.63, 3.8) is 0 Å². The van der Waals surface area contributed by atoms with Crippen LogP contribution in [0.3, 0.4) is 0 Å². The Kier molecular flexibility index (Phi) is 8.15. The molecule has 1 heterocycles. The summed E-state index contributed by atoms with van der Waals surface area (Å²) in [6.07, 6.45) is 2.03. The van der Waals surface area contributed by atoms with Crippen LogP contribution in [-0.4, -0.2) is 44.9 Å². The normalized spacial score (nSPS) is 21.2. The smallest absolute Gasteiger partial charge is 0.240 e. The maximum atomic E-state index is 12.3. The molecule has 2 rings (SSSR count). The van der Waals surface area contributed by atoms with Crippen molar-refractivity contribution in [3.8, 4) is 0 Å².